The number of benzene rings is 2. The molecule has 0 spiro atoms. The predicted octanol–water partition coefficient (Wildman–Crippen LogP) is 4.67. The van der Waals surface area contributed by atoms with Crippen LogP contribution in [-0.4, -0.2) is 29.9 Å². The van der Waals surface area contributed by atoms with Crippen molar-refractivity contribution >= 4 is 40.2 Å². The molecule has 3 nitrogen and oxygen atoms in total. The van der Waals surface area contributed by atoms with Crippen LogP contribution in [0.4, 0.5) is 0 Å². The molecule has 22 heavy (non-hydrogen) atoms. The Kier molecular flexibility index (Phi) is 4.14. The van der Waals surface area contributed by atoms with Gasteiger partial charge in [-0.3, -0.25) is 4.79 Å². The number of fused-ring (bicyclic) bond motifs is 1. The molecule has 1 aromatic heterocycles. The number of aromatic nitrogens is 1. The van der Waals surface area contributed by atoms with Gasteiger partial charge in [-0.25, -0.2) is 0 Å². The summed E-state index contributed by atoms with van der Waals surface area (Å²) in [5.74, 6) is 0.000902. The third kappa shape index (κ3) is 2.72. The monoisotopic (exact) mass is 330 g/mol. The van der Waals surface area contributed by atoms with Crippen molar-refractivity contribution in [1.29, 1.82) is 0 Å². The minimum atomic E-state index is 0.000902. The summed E-state index contributed by atoms with van der Waals surface area (Å²) in [6.07, 6.45) is 1.93. The van der Waals surface area contributed by atoms with Gasteiger partial charge in [-0.15, -0.1) is 0 Å². The number of halogens is 1. The first-order chi connectivity index (χ1) is 10.6. The zero-order valence-electron chi connectivity index (χ0n) is 12.3. The van der Waals surface area contributed by atoms with Gasteiger partial charge in [0.15, 0.2) is 0 Å². The van der Waals surface area contributed by atoms with Gasteiger partial charge in [-0.1, -0.05) is 47.6 Å². The fourth-order valence-corrected chi connectivity index (χ4v) is 3.54. The molecule has 0 bridgehead atoms. The fraction of sp³-hybridized carbons (Fsp3) is 0.118. The van der Waals surface area contributed by atoms with Crippen LogP contribution in [0.15, 0.2) is 58.5 Å². The zero-order chi connectivity index (χ0) is 15.7. The summed E-state index contributed by atoms with van der Waals surface area (Å²) in [5.41, 5.74) is 1.62. The Bertz CT molecular complexity index is 842. The normalized spacial score (nSPS) is 10.9. The second kappa shape index (κ2) is 6.07. The molecule has 0 atom stereocenters. The van der Waals surface area contributed by atoms with Crippen molar-refractivity contribution < 1.29 is 4.79 Å². The lowest BCUT2D eigenvalue weighted by atomic mass is 10.2. The molecule has 5 heteroatoms. The maximum Gasteiger partial charge on any atom is 0.254 e. The van der Waals surface area contributed by atoms with E-state index < -0.39 is 0 Å². The van der Waals surface area contributed by atoms with Gasteiger partial charge in [0.1, 0.15) is 0 Å². The number of hydrogen-bond donors (Lipinski definition) is 1. The number of rotatable bonds is 3. The largest absolute Gasteiger partial charge is 0.359 e. The number of carbonyl (C=O) groups excluding carboxylic acids is 1. The Morgan fingerprint density at radius 3 is 2.64 bits per heavy atom. The van der Waals surface area contributed by atoms with Gasteiger partial charge in [0.05, 0.1) is 16.1 Å². The summed E-state index contributed by atoms with van der Waals surface area (Å²) in [6.45, 7) is 0. The number of H-pyrrole nitrogens is 1. The fourth-order valence-electron chi connectivity index (χ4n) is 2.27. The summed E-state index contributed by atoms with van der Waals surface area (Å²) in [5, 5.41) is 1.76. The number of amides is 1. The molecule has 0 aliphatic rings. The Hall–Kier alpha value is -1.91. The summed E-state index contributed by atoms with van der Waals surface area (Å²) >= 11 is 7.76. The summed E-state index contributed by atoms with van der Waals surface area (Å²) < 4.78 is 0. The number of aromatic amines is 1. The van der Waals surface area contributed by atoms with E-state index in [0.29, 0.717) is 10.6 Å². The van der Waals surface area contributed by atoms with Crippen LogP contribution in [0.5, 0.6) is 0 Å². The standard InChI is InChI=1S/C17H15ClN2OS/c1-20(2)17(21)12-6-3-4-9-14(12)22-15-10-19-16-11(15)7-5-8-13(16)18/h3-10,19H,1-2H3. The molecule has 0 saturated heterocycles. The van der Waals surface area contributed by atoms with Crippen molar-refractivity contribution in [2.75, 3.05) is 14.1 Å². The van der Waals surface area contributed by atoms with Crippen molar-refractivity contribution in [1.82, 2.24) is 9.88 Å². The smallest absolute Gasteiger partial charge is 0.254 e. The third-order valence-corrected chi connectivity index (χ3v) is 4.82. The molecule has 0 radical (unpaired) electrons. The van der Waals surface area contributed by atoms with Crippen molar-refractivity contribution in [3.63, 3.8) is 0 Å². The van der Waals surface area contributed by atoms with E-state index in [-0.39, 0.29) is 5.91 Å². The predicted molar refractivity (Wildman–Crippen MR) is 91.9 cm³/mol. The van der Waals surface area contributed by atoms with Crippen molar-refractivity contribution in [2.24, 2.45) is 0 Å². The van der Waals surface area contributed by atoms with Crippen molar-refractivity contribution in [2.45, 2.75) is 9.79 Å². The van der Waals surface area contributed by atoms with Gasteiger partial charge in [-0.2, -0.15) is 0 Å². The quantitative estimate of drug-likeness (QED) is 0.757. The van der Waals surface area contributed by atoms with Crippen LogP contribution in [0.1, 0.15) is 10.4 Å². The van der Waals surface area contributed by atoms with Gasteiger partial charge in [-0.05, 0) is 18.2 Å². The first-order valence-corrected chi connectivity index (χ1v) is 8.01. The number of nitrogens with zero attached hydrogens (tertiary/aromatic N) is 1. The minimum absolute atomic E-state index is 0.000902. The Morgan fingerprint density at radius 1 is 1.09 bits per heavy atom. The lowest BCUT2D eigenvalue weighted by Crippen LogP contribution is -2.22. The van der Waals surface area contributed by atoms with Crippen molar-refractivity contribution in [3.8, 4) is 0 Å². The lowest BCUT2D eigenvalue weighted by molar-refractivity contribution is 0.0824. The Morgan fingerprint density at radius 2 is 1.86 bits per heavy atom. The van der Waals surface area contributed by atoms with Gasteiger partial charge in [0, 0.05) is 35.5 Å². The highest BCUT2D eigenvalue weighted by Gasteiger charge is 2.15. The van der Waals surface area contributed by atoms with E-state index in [0.717, 1.165) is 20.7 Å². The molecular formula is C17H15ClN2OS. The molecule has 1 heterocycles. The SMILES string of the molecule is CN(C)C(=O)c1ccccc1Sc1c[nH]c2c(Cl)cccc12. The van der Waals surface area contributed by atoms with Crippen LogP contribution in [0.25, 0.3) is 10.9 Å². The maximum absolute atomic E-state index is 12.3. The van der Waals surface area contributed by atoms with Gasteiger partial charge < -0.3 is 9.88 Å². The van der Waals surface area contributed by atoms with Crippen LogP contribution in [0.2, 0.25) is 5.02 Å². The van der Waals surface area contributed by atoms with E-state index in [1.807, 2.05) is 48.7 Å². The van der Waals surface area contributed by atoms with E-state index in [1.54, 1.807) is 30.8 Å². The van der Waals surface area contributed by atoms with E-state index in [1.165, 1.54) is 0 Å². The average molecular weight is 331 g/mol. The van der Waals surface area contributed by atoms with Crippen LogP contribution in [0, 0.1) is 0 Å². The van der Waals surface area contributed by atoms with Gasteiger partial charge in [0.25, 0.3) is 5.91 Å². The molecule has 0 aliphatic carbocycles. The highest BCUT2D eigenvalue weighted by atomic mass is 35.5. The minimum Gasteiger partial charge on any atom is -0.359 e. The van der Waals surface area contributed by atoms with E-state index in [4.69, 9.17) is 11.6 Å². The number of para-hydroxylation sites is 1. The second-order valence-electron chi connectivity index (χ2n) is 5.11. The molecule has 3 rings (SSSR count). The van der Waals surface area contributed by atoms with Crippen LogP contribution < -0.4 is 0 Å². The molecule has 0 saturated carbocycles. The van der Waals surface area contributed by atoms with Gasteiger partial charge in [0.2, 0.25) is 0 Å². The van der Waals surface area contributed by atoms with E-state index in [9.17, 15) is 4.79 Å². The number of nitrogens with one attached hydrogen (secondary N) is 1. The molecular weight excluding hydrogens is 316 g/mol. The molecule has 3 aromatic rings. The van der Waals surface area contributed by atoms with Crippen LogP contribution in [-0.2, 0) is 0 Å². The first-order valence-electron chi connectivity index (χ1n) is 6.82. The molecule has 0 fully saturated rings. The highest BCUT2D eigenvalue weighted by molar-refractivity contribution is 7.99. The molecule has 112 valence electrons. The van der Waals surface area contributed by atoms with Crippen molar-refractivity contribution in [3.05, 3.63) is 59.2 Å². The Labute approximate surface area is 138 Å². The lowest BCUT2D eigenvalue weighted by Gasteiger charge is -2.13. The average Bonchev–Trinajstić information content (AvgIpc) is 2.92. The highest BCUT2D eigenvalue weighted by Crippen LogP contribution is 2.37. The van der Waals surface area contributed by atoms with Crippen LogP contribution in [0.3, 0.4) is 0 Å². The zero-order valence-corrected chi connectivity index (χ0v) is 13.8. The number of carbonyl (C=O) groups is 1. The molecule has 1 N–H and O–H groups in total. The van der Waals surface area contributed by atoms with Gasteiger partial charge >= 0.3 is 0 Å². The summed E-state index contributed by atoms with van der Waals surface area (Å²) in [4.78, 5) is 19.1. The summed E-state index contributed by atoms with van der Waals surface area (Å²) in [7, 11) is 3.52. The molecule has 1 amide bonds. The second-order valence-corrected chi connectivity index (χ2v) is 6.60. The first kappa shape index (κ1) is 15.0. The summed E-state index contributed by atoms with van der Waals surface area (Å²) in [6, 6.07) is 13.5. The Balaban J connectivity index is 2.03. The van der Waals surface area contributed by atoms with E-state index in [2.05, 4.69) is 4.98 Å². The third-order valence-electron chi connectivity index (χ3n) is 3.37. The topological polar surface area (TPSA) is 36.1 Å². The van der Waals surface area contributed by atoms with E-state index >= 15 is 0 Å². The number of hydrogen-bond acceptors (Lipinski definition) is 2. The molecule has 0 aliphatic heterocycles. The maximum atomic E-state index is 12.3. The van der Waals surface area contributed by atoms with Crippen LogP contribution >= 0.6 is 23.4 Å². The molecule has 2 aromatic carbocycles. The molecule has 0 unspecified atom stereocenters.